The van der Waals surface area contributed by atoms with Crippen LogP contribution in [0.4, 0.5) is 16.2 Å². The van der Waals surface area contributed by atoms with Gasteiger partial charge in [-0.15, -0.1) is 0 Å². The van der Waals surface area contributed by atoms with E-state index in [0.29, 0.717) is 12.6 Å². The summed E-state index contributed by atoms with van der Waals surface area (Å²) in [5, 5.41) is 6.74. The van der Waals surface area contributed by atoms with Gasteiger partial charge in [-0.05, 0) is 51.0 Å². The molecule has 0 spiro atoms. The average molecular weight is 289 g/mol. The van der Waals surface area contributed by atoms with Crippen LogP contribution in [-0.4, -0.2) is 37.4 Å². The second kappa shape index (κ2) is 5.22. The van der Waals surface area contributed by atoms with Crippen LogP contribution in [0.5, 0.6) is 0 Å². The van der Waals surface area contributed by atoms with Gasteiger partial charge in [0.05, 0.1) is 11.7 Å². The maximum absolute atomic E-state index is 12.2. The van der Waals surface area contributed by atoms with E-state index in [9.17, 15) is 4.79 Å². The predicted molar refractivity (Wildman–Crippen MR) is 84.0 cm³/mol. The quantitative estimate of drug-likeness (QED) is 0.877. The highest BCUT2D eigenvalue weighted by Gasteiger charge is 2.29. The highest BCUT2D eigenvalue weighted by atomic mass is 16.6. The first-order chi connectivity index (χ1) is 9.92. The number of carbonyl (C=O) groups is 1. The second-order valence-corrected chi connectivity index (χ2v) is 6.72. The minimum Gasteiger partial charge on any atom is -0.443 e. The van der Waals surface area contributed by atoms with Gasteiger partial charge in [-0.2, -0.15) is 0 Å². The number of anilines is 2. The van der Waals surface area contributed by atoms with Gasteiger partial charge in [-0.25, -0.2) is 4.79 Å². The number of nitrogens with zero attached hydrogens (tertiary/aromatic N) is 1. The van der Waals surface area contributed by atoms with Gasteiger partial charge in [0.1, 0.15) is 5.60 Å². The first kappa shape index (κ1) is 14.2. The topological polar surface area (TPSA) is 53.6 Å². The maximum Gasteiger partial charge on any atom is 0.414 e. The molecule has 114 valence electrons. The Morgan fingerprint density at radius 1 is 1.38 bits per heavy atom. The lowest BCUT2D eigenvalue weighted by Crippen LogP contribution is -2.51. The Balaban J connectivity index is 1.71. The van der Waals surface area contributed by atoms with E-state index in [1.165, 1.54) is 5.56 Å². The van der Waals surface area contributed by atoms with Crippen molar-refractivity contribution < 1.29 is 9.53 Å². The van der Waals surface area contributed by atoms with E-state index in [0.717, 1.165) is 30.9 Å². The molecule has 1 aromatic rings. The average Bonchev–Trinajstić information content (AvgIpc) is 2.74. The summed E-state index contributed by atoms with van der Waals surface area (Å²) in [6.45, 7) is 8.39. The van der Waals surface area contributed by atoms with Gasteiger partial charge in [0.2, 0.25) is 0 Å². The monoisotopic (exact) mass is 289 g/mol. The minimum atomic E-state index is -0.460. The maximum atomic E-state index is 12.2. The zero-order chi connectivity index (χ0) is 15.0. The third kappa shape index (κ3) is 3.13. The molecule has 2 aliphatic heterocycles. The molecule has 2 aliphatic rings. The van der Waals surface area contributed by atoms with Gasteiger partial charge in [0.15, 0.2) is 0 Å². The lowest BCUT2D eigenvalue weighted by Gasteiger charge is -2.29. The molecule has 0 radical (unpaired) electrons. The second-order valence-electron chi connectivity index (χ2n) is 6.72. The molecule has 5 heteroatoms. The van der Waals surface area contributed by atoms with Crippen molar-refractivity contribution in [2.45, 2.75) is 38.8 Å². The van der Waals surface area contributed by atoms with Crippen molar-refractivity contribution in [1.29, 1.82) is 0 Å². The Kier molecular flexibility index (Phi) is 3.53. The number of ether oxygens (including phenoxy) is 1. The Labute approximate surface area is 125 Å². The highest BCUT2D eigenvalue weighted by Crippen LogP contribution is 2.31. The molecule has 0 aromatic heterocycles. The van der Waals surface area contributed by atoms with Crippen LogP contribution in [0, 0.1) is 0 Å². The van der Waals surface area contributed by atoms with E-state index in [2.05, 4.69) is 16.7 Å². The standard InChI is InChI=1S/C16H23N3O2/c1-16(2,3)21-15(20)19-7-6-11-8-12(4-5-14(11)19)18-13-9-17-10-13/h4-5,8,13,17-18H,6-7,9-10H2,1-3H3. The van der Waals surface area contributed by atoms with Crippen molar-refractivity contribution in [3.8, 4) is 0 Å². The summed E-state index contributed by atoms with van der Waals surface area (Å²) in [4.78, 5) is 14.0. The zero-order valence-corrected chi connectivity index (χ0v) is 12.9. The number of hydrogen-bond acceptors (Lipinski definition) is 4. The van der Waals surface area contributed by atoms with Gasteiger partial charge in [-0.1, -0.05) is 0 Å². The first-order valence-electron chi connectivity index (χ1n) is 7.53. The van der Waals surface area contributed by atoms with Gasteiger partial charge in [0, 0.05) is 25.3 Å². The summed E-state index contributed by atoms with van der Waals surface area (Å²) in [7, 11) is 0. The van der Waals surface area contributed by atoms with E-state index >= 15 is 0 Å². The molecule has 0 unspecified atom stereocenters. The molecular weight excluding hydrogens is 266 g/mol. The number of hydrogen-bond donors (Lipinski definition) is 2. The number of carbonyl (C=O) groups excluding carboxylic acids is 1. The van der Waals surface area contributed by atoms with Crippen LogP contribution in [0.1, 0.15) is 26.3 Å². The molecule has 0 aliphatic carbocycles. The van der Waals surface area contributed by atoms with Gasteiger partial charge in [-0.3, -0.25) is 4.90 Å². The molecule has 0 bridgehead atoms. The summed E-state index contributed by atoms with van der Waals surface area (Å²) >= 11 is 0. The van der Waals surface area contributed by atoms with E-state index in [1.807, 2.05) is 32.9 Å². The van der Waals surface area contributed by atoms with Crippen LogP contribution >= 0.6 is 0 Å². The summed E-state index contributed by atoms with van der Waals surface area (Å²) in [6, 6.07) is 6.73. The number of fused-ring (bicyclic) bond motifs is 1. The predicted octanol–water partition coefficient (Wildman–Crippen LogP) is 2.37. The molecule has 5 nitrogen and oxygen atoms in total. The molecule has 3 rings (SSSR count). The van der Waals surface area contributed by atoms with E-state index < -0.39 is 5.60 Å². The zero-order valence-electron chi connectivity index (χ0n) is 12.9. The SMILES string of the molecule is CC(C)(C)OC(=O)N1CCc2cc(NC3CNC3)ccc21. The molecule has 0 atom stereocenters. The Morgan fingerprint density at radius 3 is 2.76 bits per heavy atom. The summed E-state index contributed by atoms with van der Waals surface area (Å²) < 4.78 is 5.46. The van der Waals surface area contributed by atoms with Gasteiger partial charge < -0.3 is 15.4 Å². The largest absolute Gasteiger partial charge is 0.443 e. The Morgan fingerprint density at radius 2 is 2.14 bits per heavy atom. The summed E-state index contributed by atoms with van der Waals surface area (Å²) in [5.41, 5.74) is 2.85. The Bertz CT molecular complexity index is 547. The van der Waals surface area contributed by atoms with Crippen LogP contribution in [0.25, 0.3) is 0 Å². The molecule has 21 heavy (non-hydrogen) atoms. The van der Waals surface area contributed by atoms with E-state index in [1.54, 1.807) is 4.90 Å². The molecule has 1 aromatic carbocycles. The van der Waals surface area contributed by atoms with Crippen molar-refractivity contribution in [2.75, 3.05) is 29.9 Å². The summed E-state index contributed by atoms with van der Waals surface area (Å²) in [5.74, 6) is 0. The lowest BCUT2D eigenvalue weighted by atomic mass is 10.1. The van der Waals surface area contributed by atoms with Crippen molar-refractivity contribution in [3.63, 3.8) is 0 Å². The molecule has 2 heterocycles. The van der Waals surface area contributed by atoms with Gasteiger partial charge in [0.25, 0.3) is 0 Å². The Hall–Kier alpha value is -1.75. The fourth-order valence-corrected chi connectivity index (χ4v) is 2.62. The van der Waals surface area contributed by atoms with Crippen molar-refractivity contribution in [2.24, 2.45) is 0 Å². The van der Waals surface area contributed by atoms with Crippen LogP contribution in [0.2, 0.25) is 0 Å². The van der Waals surface area contributed by atoms with Crippen LogP contribution in [0.3, 0.4) is 0 Å². The van der Waals surface area contributed by atoms with Crippen LogP contribution in [-0.2, 0) is 11.2 Å². The molecule has 1 saturated heterocycles. The highest BCUT2D eigenvalue weighted by molar-refractivity contribution is 5.91. The summed E-state index contributed by atoms with van der Waals surface area (Å²) in [6.07, 6.45) is 0.623. The van der Waals surface area contributed by atoms with Crippen molar-refractivity contribution >= 4 is 17.5 Å². The fourth-order valence-electron chi connectivity index (χ4n) is 2.62. The van der Waals surface area contributed by atoms with E-state index in [-0.39, 0.29) is 6.09 Å². The minimum absolute atomic E-state index is 0.259. The van der Waals surface area contributed by atoms with Crippen LogP contribution in [0.15, 0.2) is 18.2 Å². The van der Waals surface area contributed by atoms with Crippen molar-refractivity contribution in [1.82, 2.24) is 5.32 Å². The number of amides is 1. The molecule has 0 saturated carbocycles. The molecule has 1 fully saturated rings. The number of benzene rings is 1. The van der Waals surface area contributed by atoms with E-state index in [4.69, 9.17) is 4.74 Å². The normalized spacial score (nSPS) is 18.1. The fraction of sp³-hybridized carbons (Fsp3) is 0.562. The van der Waals surface area contributed by atoms with Gasteiger partial charge >= 0.3 is 6.09 Å². The molecular formula is C16H23N3O2. The molecule has 2 N–H and O–H groups in total. The number of rotatable bonds is 2. The van der Waals surface area contributed by atoms with Crippen molar-refractivity contribution in [3.05, 3.63) is 23.8 Å². The number of nitrogens with one attached hydrogen (secondary N) is 2. The molecule has 1 amide bonds. The third-order valence-corrected chi connectivity index (χ3v) is 3.74. The smallest absolute Gasteiger partial charge is 0.414 e. The third-order valence-electron chi connectivity index (χ3n) is 3.74. The van der Waals surface area contributed by atoms with Crippen LogP contribution < -0.4 is 15.5 Å². The first-order valence-corrected chi connectivity index (χ1v) is 7.53. The lowest BCUT2D eigenvalue weighted by molar-refractivity contribution is 0.0584.